The molecular weight excluding hydrogens is 512 g/mol. The Bertz CT molecular complexity index is 793. The van der Waals surface area contributed by atoms with Crippen LogP contribution >= 0.6 is 0 Å². The van der Waals surface area contributed by atoms with Gasteiger partial charge in [0.25, 0.3) is 0 Å². The quantitative estimate of drug-likeness (QED) is 0.262. The van der Waals surface area contributed by atoms with Crippen LogP contribution in [0.5, 0.6) is 11.5 Å². The fraction of sp³-hybridized carbons (Fsp3) is 0.280. The zero-order valence-corrected chi connectivity index (χ0v) is 21.3. The number of ether oxygens (including phenoxy) is 4. The van der Waals surface area contributed by atoms with Crippen molar-refractivity contribution in [1.82, 2.24) is 4.90 Å². The van der Waals surface area contributed by atoms with E-state index in [1.54, 1.807) is 14.2 Å². The van der Waals surface area contributed by atoms with E-state index in [0.717, 1.165) is 55.5 Å². The molecular formula is C25H30ILiNO4-3. The summed E-state index contributed by atoms with van der Waals surface area (Å²) in [6.07, 6.45) is 4.61. The predicted molar refractivity (Wildman–Crippen MR) is 119 cm³/mol. The number of hydrogen-bond donors (Lipinski definition) is 0. The van der Waals surface area contributed by atoms with E-state index in [1.807, 2.05) is 58.9 Å². The fourth-order valence-corrected chi connectivity index (χ4v) is 4.26. The molecule has 0 saturated carbocycles. The SMILES string of the molecule is [C-]1=C[I-]C(CN2CCOCC2)=CO1.[CH2-]c1cccc(OC)c1.[CH2-]c1cccc(OC)c1.[Li+]. The smallest absolute Gasteiger partial charge is 0.510 e. The Hall–Kier alpha value is -1.69. The molecule has 2 heterocycles. The topological polar surface area (TPSA) is 40.2 Å². The molecule has 1 saturated heterocycles. The molecule has 32 heavy (non-hydrogen) atoms. The molecule has 0 bridgehead atoms. The van der Waals surface area contributed by atoms with E-state index in [2.05, 4.69) is 25.0 Å². The summed E-state index contributed by atoms with van der Waals surface area (Å²) in [7, 11) is 3.30. The summed E-state index contributed by atoms with van der Waals surface area (Å²) in [5.41, 5.74) is 1.96. The third kappa shape index (κ3) is 11.8. The summed E-state index contributed by atoms with van der Waals surface area (Å²) in [5.74, 6) is 1.73. The Morgan fingerprint density at radius 2 is 1.53 bits per heavy atom. The van der Waals surface area contributed by atoms with Crippen LogP contribution in [0.4, 0.5) is 0 Å². The third-order valence-electron chi connectivity index (χ3n) is 4.24. The van der Waals surface area contributed by atoms with Gasteiger partial charge in [0.1, 0.15) is 0 Å². The van der Waals surface area contributed by atoms with Crippen LogP contribution < -0.4 is 49.5 Å². The van der Waals surface area contributed by atoms with Gasteiger partial charge in [-0.15, -0.1) is 24.3 Å². The van der Waals surface area contributed by atoms with E-state index in [9.17, 15) is 0 Å². The number of rotatable bonds is 4. The van der Waals surface area contributed by atoms with Gasteiger partial charge in [-0.25, -0.2) is 0 Å². The number of benzene rings is 2. The average Bonchev–Trinajstić information content (AvgIpc) is 2.81. The van der Waals surface area contributed by atoms with E-state index in [1.165, 1.54) is 3.58 Å². The fourth-order valence-electron chi connectivity index (χ4n) is 2.63. The maximum absolute atomic E-state index is 5.29. The summed E-state index contributed by atoms with van der Waals surface area (Å²) in [6, 6.07) is 15.3. The van der Waals surface area contributed by atoms with Gasteiger partial charge in [0.05, 0.1) is 25.7 Å². The van der Waals surface area contributed by atoms with Gasteiger partial charge >= 0.3 is 107 Å². The molecule has 0 N–H and O–H groups in total. The second-order valence-corrected chi connectivity index (χ2v) is 9.24. The molecule has 2 aliphatic rings. The maximum atomic E-state index is 5.29. The minimum absolute atomic E-state index is 0. The maximum Gasteiger partial charge on any atom is 1.00 e. The standard InChI is InChI=1S/C9H12INO2.2C8H9O.Li/c1-4-13-8-9(10-1)7-11-2-5-12-6-3-11;2*1-7-4-3-5-8(6-7)9-2;/h1,8H,2-3,5-7H2;2*3-6H,1H2,2H3;/q-2;2*-1;+1. The van der Waals surface area contributed by atoms with Crippen molar-refractivity contribution in [3.63, 3.8) is 0 Å². The Labute approximate surface area is 215 Å². The third-order valence-corrected chi connectivity index (χ3v) is 6.20. The van der Waals surface area contributed by atoms with Gasteiger partial charge in [0, 0.05) is 0 Å². The van der Waals surface area contributed by atoms with Crippen molar-refractivity contribution in [3.8, 4) is 11.5 Å². The predicted octanol–water partition coefficient (Wildman–Crippen LogP) is -1.69. The molecule has 4 rings (SSSR count). The normalized spacial score (nSPS) is 15.0. The van der Waals surface area contributed by atoms with Crippen LogP contribution in [0, 0.1) is 20.1 Å². The second-order valence-electron chi connectivity index (χ2n) is 6.61. The summed E-state index contributed by atoms with van der Waals surface area (Å²) in [5, 5.41) is 0. The van der Waals surface area contributed by atoms with Crippen molar-refractivity contribution < 1.29 is 59.0 Å². The van der Waals surface area contributed by atoms with E-state index in [0.29, 0.717) is 0 Å². The average molecular weight is 542 g/mol. The van der Waals surface area contributed by atoms with Gasteiger partial charge in [0.2, 0.25) is 0 Å². The Kier molecular flexibility index (Phi) is 14.9. The number of nitrogens with zero attached hydrogens (tertiary/aromatic N) is 1. The summed E-state index contributed by atoms with van der Waals surface area (Å²) >= 11 is 0.0393. The van der Waals surface area contributed by atoms with E-state index in [4.69, 9.17) is 18.9 Å². The van der Waals surface area contributed by atoms with E-state index >= 15 is 0 Å². The van der Waals surface area contributed by atoms with Crippen LogP contribution in [-0.2, 0) is 9.47 Å². The van der Waals surface area contributed by atoms with Gasteiger partial charge in [-0.1, -0.05) is 0 Å². The van der Waals surface area contributed by atoms with Crippen molar-refractivity contribution >= 4 is 0 Å². The molecule has 7 heteroatoms. The van der Waals surface area contributed by atoms with Gasteiger partial charge in [-0.2, -0.15) is 37.1 Å². The number of halogens is 1. The molecule has 2 aromatic carbocycles. The van der Waals surface area contributed by atoms with Crippen LogP contribution in [-0.4, -0.2) is 52.0 Å². The minimum Gasteiger partial charge on any atom is -0.510 e. The molecule has 0 atom stereocenters. The van der Waals surface area contributed by atoms with Crippen LogP contribution in [0.1, 0.15) is 11.1 Å². The van der Waals surface area contributed by atoms with Gasteiger partial charge in [-0.05, 0) is 12.1 Å². The molecule has 5 nitrogen and oxygen atoms in total. The van der Waals surface area contributed by atoms with E-state index < -0.39 is 0 Å². The molecule has 0 unspecified atom stereocenters. The minimum atomic E-state index is 0. The Balaban J connectivity index is 0.000000243. The molecule has 1 fully saturated rings. The summed E-state index contributed by atoms with van der Waals surface area (Å²) < 4.78 is 23.7. The molecule has 2 aromatic rings. The zero-order chi connectivity index (χ0) is 22.3. The Morgan fingerprint density at radius 3 is 1.94 bits per heavy atom. The van der Waals surface area contributed by atoms with Gasteiger partial charge in [-0.3, -0.25) is 0 Å². The molecule has 0 aromatic heterocycles. The first kappa shape index (κ1) is 28.3. The van der Waals surface area contributed by atoms with Gasteiger partial charge < -0.3 is 9.47 Å². The first-order valence-corrected chi connectivity index (χ1v) is 12.2. The van der Waals surface area contributed by atoms with Crippen LogP contribution in [0.25, 0.3) is 0 Å². The molecule has 0 amide bonds. The monoisotopic (exact) mass is 542 g/mol. The number of morpholine rings is 1. The molecule has 2 aliphatic heterocycles. The molecule has 0 spiro atoms. The largest absolute Gasteiger partial charge is 1.00 e. The van der Waals surface area contributed by atoms with Crippen LogP contribution in [0.2, 0.25) is 0 Å². The first-order valence-electron chi connectivity index (χ1n) is 9.88. The molecule has 170 valence electrons. The van der Waals surface area contributed by atoms with Crippen LogP contribution in [0.3, 0.4) is 0 Å². The van der Waals surface area contributed by atoms with Crippen molar-refractivity contribution in [2.45, 2.75) is 0 Å². The van der Waals surface area contributed by atoms with Gasteiger partial charge in [0.15, 0.2) is 0 Å². The first-order chi connectivity index (χ1) is 15.1. The Morgan fingerprint density at radius 1 is 0.969 bits per heavy atom. The second kappa shape index (κ2) is 16.9. The molecule has 0 radical (unpaired) electrons. The van der Waals surface area contributed by atoms with E-state index in [-0.39, 0.29) is 40.1 Å². The van der Waals surface area contributed by atoms with Crippen molar-refractivity contribution in [2.75, 3.05) is 47.1 Å². The van der Waals surface area contributed by atoms with Crippen molar-refractivity contribution in [3.05, 3.63) is 93.7 Å². The van der Waals surface area contributed by atoms with Crippen molar-refractivity contribution in [1.29, 1.82) is 0 Å². The van der Waals surface area contributed by atoms with Crippen LogP contribution in [0.15, 0.2) is 62.5 Å². The van der Waals surface area contributed by atoms with Crippen molar-refractivity contribution in [2.24, 2.45) is 0 Å². The zero-order valence-electron chi connectivity index (χ0n) is 19.2. The number of hydrogen-bond acceptors (Lipinski definition) is 5. The number of methoxy groups -OCH3 is 2. The summed E-state index contributed by atoms with van der Waals surface area (Å²) in [4.78, 5) is 2.41. The molecule has 0 aliphatic carbocycles. The summed E-state index contributed by atoms with van der Waals surface area (Å²) in [6.45, 7) is 12.4.